The Morgan fingerprint density at radius 2 is 1.87 bits per heavy atom. The predicted molar refractivity (Wildman–Crippen MR) is 88.0 cm³/mol. The third-order valence-electron chi connectivity index (χ3n) is 4.97. The van der Waals surface area contributed by atoms with E-state index in [4.69, 9.17) is 0 Å². The number of nitrogens with zero attached hydrogens (tertiary/aromatic N) is 1. The monoisotopic (exact) mass is 344 g/mol. The molecule has 2 heterocycles. The molecule has 2 saturated heterocycles. The maximum Gasteiger partial charge on any atom is 0.256 e. The highest BCUT2D eigenvalue weighted by Crippen LogP contribution is 2.27. The second-order valence-electron chi connectivity index (χ2n) is 6.41. The molecule has 1 unspecified atom stereocenters. The van der Waals surface area contributed by atoms with Crippen LogP contribution in [0.3, 0.4) is 0 Å². The third kappa shape index (κ3) is 3.83. The highest BCUT2D eigenvalue weighted by atomic mass is 35.5. The quantitative estimate of drug-likeness (QED) is 0.892. The lowest BCUT2D eigenvalue weighted by molar-refractivity contribution is 0.0669. The van der Waals surface area contributed by atoms with Crippen LogP contribution in [-0.2, 0) is 0 Å². The molecule has 0 aliphatic carbocycles. The van der Waals surface area contributed by atoms with Gasteiger partial charge in [0.15, 0.2) is 0 Å². The second-order valence-corrected chi connectivity index (χ2v) is 6.41. The number of rotatable bonds is 2. The van der Waals surface area contributed by atoms with Crippen molar-refractivity contribution in [2.24, 2.45) is 5.92 Å². The largest absolute Gasteiger partial charge is 0.339 e. The minimum atomic E-state index is -0.771. The first-order chi connectivity index (χ1) is 10.6. The van der Waals surface area contributed by atoms with Crippen molar-refractivity contribution in [2.75, 3.05) is 19.6 Å². The van der Waals surface area contributed by atoms with Crippen molar-refractivity contribution >= 4 is 18.3 Å². The van der Waals surface area contributed by atoms with E-state index >= 15 is 0 Å². The normalized spacial score (nSPS) is 22.0. The Morgan fingerprint density at radius 1 is 1.17 bits per heavy atom. The number of halogens is 3. The molecule has 2 aliphatic rings. The molecule has 6 heteroatoms. The molecule has 0 spiro atoms. The number of hydrogen-bond donors (Lipinski definition) is 1. The lowest BCUT2D eigenvalue weighted by atomic mass is 9.88. The molecule has 1 amide bonds. The van der Waals surface area contributed by atoms with Crippen molar-refractivity contribution in [1.82, 2.24) is 10.2 Å². The van der Waals surface area contributed by atoms with Gasteiger partial charge >= 0.3 is 0 Å². The lowest BCUT2D eigenvalue weighted by Gasteiger charge is -2.35. The Balaban J connectivity index is 0.00000192. The van der Waals surface area contributed by atoms with E-state index in [0.717, 1.165) is 25.5 Å². The average Bonchev–Trinajstić information content (AvgIpc) is 3.05. The van der Waals surface area contributed by atoms with Gasteiger partial charge in [0.1, 0.15) is 11.6 Å². The molecule has 23 heavy (non-hydrogen) atoms. The number of nitrogens with one attached hydrogen (secondary N) is 1. The zero-order chi connectivity index (χ0) is 15.7. The fraction of sp³-hybridized carbons (Fsp3) is 0.588. The molecule has 128 valence electrons. The van der Waals surface area contributed by atoms with Gasteiger partial charge in [0.25, 0.3) is 5.91 Å². The van der Waals surface area contributed by atoms with Crippen molar-refractivity contribution in [3.8, 4) is 0 Å². The molecule has 0 bridgehead atoms. The molecule has 1 aromatic carbocycles. The van der Waals surface area contributed by atoms with Gasteiger partial charge in [-0.3, -0.25) is 4.79 Å². The van der Waals surface area contributed by atoms with Gasteiger partial charge in [-0.25, -0.2) is 8.78 Å². The van der Waals surface area contributed by atoms with Crippen LogP contribution < -0.4 is 5.32 Å². The SMILES string of the molecule is Cc1cc(C(=O)N2CCC(C3CCCN3)CC2)c(F)cc1F.Cl. The molecule has 1 N–H and O–H groups in total. The summed E-state index contributed by atoms with van der Waals surface area (Å²) in [7, 11) is 0. The summed E-state index contributed by atoms with van der Waals surface area (Å²) in [6.45, 7) is 3.93. The number of carbonyl (C=O) groups is 1. The van der Waals surface area contributed by atoms with Gasteiger partial charge in [0.2, 0.25) is 0 Å². The standard InChI is InChI=1S/C17H22F2N2O.ClH/c1-11-9-13(15(19)10-14(11)18)17(22)21-7-4-12(5-8-21)16-3-2-6-20-16;/h9-10,12,16,20H,2-8H2,1H3;1H. The van der Waals surface area contributed by atoms with Crippen molar-refractivity contribution in [3.63, 3.8) is 0 Å². The number of likely N-dealkylation sites (tertiary alicyclic amines) is 1. The summed E-state index contributed by atoms with van der Waals surface area (Å²) in [6, 6.07) is 2.69. The highest BCUT2D eigenvalue weighted by Gasteiger charge is 2.31. The van der Waals surface area contributed by atoms with E-state index in [2.05, 4.69) is 5.32 Å². The lowest BCUT2D eigenvalue weighted by Crippen LogP contribution is -2.43. The van der Waals surface area contributed by atoms with E-state index in [1.807, 2.05) is 0 Å². The Hall–Kier alpha value is -1.20. The summed E-state index contributed by atoms with van der Waals surface area (Å²) in [4.78, 5) is 14.2. The topological polar surface area (TPSA) is 32.3 Å². The van der Waals surface area contributed by atoms with Gasteiger partial charge in [0.05, 0.1) is 5.56 Å². The van der Waals surface area contributed by atoms with Gasteiger partial charge in [-0.1, -0.05) is 0 Å². The van der Waals surface area contributed by atoms with E-state index < -0.39 is 11.6 Å². The van der Waals surface area contributed by atoms with Gasteiger partial charge < -0.3 is 10.2 Å². The van der Waals surface area contributed by atoms with Gasteiger partial charge in [-0.15, -0.1) is 12.4 Å². The van der Waals surface area contributed by atoms with Crippen LogP contribution in [-0.4, -0.2) is 36.5 Å². The van der Waals surface area contributed by atoms with Gasteiger partial charge in [0, 0.05) is 25.2 Å². The first-order valence-electron chi connectivity index (χ1n) is 8.04. The van der Waals surface area contributed by atoms with Crippen LogP contribution in [0, 0.1) is 24.5 Å². The first-order valence-corrected chi connectivity index (χ1v) is 8.04. The van der Waals surface area contributed by atoms with E-state index in [1.165, 1.54) is 18.9 Å². The van der Waals surface area contributed by atoms with E-state index in [9.17, 15) is 13.6 Å². The minimum Gasteiger partial charge on any atom is -0.339 e. The Bertz CT molecular complexity index is 568. The number of carbonyl (C=O) groups excluding carboxylic acids is 1. The number of aryl methyl sites for hydroxylation is 1. The molecule has 0 aromatic heterocycles. The molecule has 0 saturated carbocycles. The van der Waals surface area contributed by atoms with E-state index in [-0.39, 0.29) is 23.9 Å². The Labute approximate surface area is 141 Å². The highest BCUT2D eigenvalue weighted by molar-refractivity contribution is 5.94. The van der Waals surface area contributed by atoms with Crippen molar-refractivity contribution in [3.05, 3.63) is 34.9 Å². The smallest absolute Gasteiger partial charge is 0.256 e. The van der Waals surface area contributed by atoms with Crippen LogP contribution in [0.15, 0.2) is 12.1 Å². The van der Waals surface area contributed by atoms with Crippen molar-refractivity contribution in [2.45, 2.75) is 38.6 Å². The zero-order valence-corrected chi connectivity index (χ0v) is 14.1. The van der Waals surface area contributed by atoms with Crippen LogP contribution in [0.1, 0.15) is 41.6 Å². The van der Waals surface area contributed by atoms with Gasteiger partial charge in [-0.2, -0.15) is 0 Å². The second kappa shape index (κ2) is 7.58. The Kier molecular flexibility index (Phi) is 5.98. The van der Waals surface area contributed by atoms with E-state index in [0.29, 0.717) is 30.6 Å². The van der Waals surface area contributed by atoms with E-state index in [1.54, 1.807) is 11.8 Å². The summed E-state index contributed by atoms with van der Waals surface area (Å²) in [5, 5.41) is 3.52. The van der Waals surface area contributed by atoms with Crippen molar-refractivity contribution < 1.29 is 13.6 Å². The molecule has 3 rings (SSSR count). The maximum atomic E-state index is 13.9. The summed E-state index contributed by atoms with van der Waals surface area (Å²) in [5.74, 6) is -1.10. The number of piperidine rings is 1. The van der Waals surface area contributed by atoms with Crippen molar-refractivity contribution in [1.29, 1.82) is 0 Å². The van der Waals surface area contributed by atoms with Crippen LogP contribution in [0.25, 0.3) is 0 Å². The number of hydrogen-bond acceptors (Lipinski definition) is 2. The van der Waals surface area contributed by atoms with Crippen LogP contribution in [0.4, 0.5) is 8.78 Å². The van der Waals surface area contributed by atoms with Gasteiger partial charge in [-0.05, 0) is 56.7 Å². The predicted octanol–water partition coefficient (Wildman–Crippen LogP) is 3.30. The third-order valence-corrected chi connectivity index (χ3v) is 4.97. The maximum absolute atomic E-state index is 13.9. The fourth-order valence-corrected chi connectivity index (χ4v) is 3.61. The summed E-state index contributed by atoms with van der Waals surface area (Å²) < 4.78 is 27.2. The zero-order valence-electron chi connectivity index (χ0n) is 13.3. The average molecular weight is 345 g/mol. The molecule has 0 radical (unpaired) electrons. The molecular formula is C17H23ClF2N2O. The molecule has 3 nitrogen and oxygen atoms in total. The van der Waals surface area contributed by atoms with Crippen LogP contribution >= 0.6 is 12.4 Å². The number of amides is 1. The fourth-order valence-electron chi connectivity index (χ4n) is 3.61. The summed E-state index contributed by atoms with van der Waals surface area (Å²) in [5.41, 5.74) is 0.283. The molecule has 2 aliphatic heterocycles. The molecule has 1 atom stereocenters. The van der Waals surface area contributed by atoms with Crippen LogP contribution in [0.2, 0.25) is 0 Å². The minimum absolute atomic E-state index is 0. The molecule has 2 fully saturated rings. The Morgan fingerprint density at radius 3 is 2.48 bits per heavy atom. The summed E-state index contributed by atoms with van der Waals surface area (Å²) >= 11 is 0. The molecule has 1 aromatic rings. The molecular weight excluding hydrogens is 322 g/mol. The van der Waals surface area contributed by atoms with Crippen LogP contribution in [0.5, 0.6) is 0 Å². The summed E-state index contributed by atoms with van der Waals surface area (Å²) in [6.07, 6.45) is 4.34. The first kappa shape index (κ1) is 18.1. The number of benzene rings is 1.